The number of esters is 1. The van der Waals surface area contributed by atoms with E-state index in [-0.39, 0.29) is 42.8 Å². The van der Waals surface area contributed by atoms with Crippen molar-refractivity contribution < 1.29 is 38.5 Å². The Morgan fingerprint density at radius 1 is 0.962 bits per heavy atom. The minimum atomic E-state index is -1.65. The third kappa shape index (κ3) is 11.5. The molecule has 0 aromatic carbocycles. The van der Waals surface area contributed by atoms with Gasteiger partial charge in [-0.1, -0.05) is 65.5 Å². The maximum atomic E-state index is 12.7. The van der Waals surface area contributed by atoms with Crippen LogP contribution >= 0.6 is 8.53 Å². The normalized spacial score (nSPS) is 31.5. The highest BCUT2D eigenvalue weighted by molar-refractivity contribution is 7.43. The molecule has 0 spiro atoms. The van der Waals surface area contributed by atoms with Crippen LogP contribution in [0.3, 0.4) is 0 Å². The fourth-order valence-electron chi connectivity index (χ4n) is 10.8. The lowest BCUT2D eigenvalue weighted by molar-refractivity contribution is -0.491. The molecule has 0 saturated heterocycles. The summed E-state index contributed by atoms with van der Waals surface area (Å²) in [6.07, 6.45) is 20.4. The van der Waals surface area contributed by atoms with Gasteiger partial charge >= 0.3 is 5.97 Å². The Hall–Kier alpha value is -1.06. The average Bonchev–Trinajstić information content (AvgIpc) is 3.43. The Bertz CT molecular complexity index is 1140. The number of hydrogen-bond donors (Lipinski definition) is 1. The van der Waals surface area contributed by atoms with E-state index in [0.29, 0.717) is 31.5 Å². The van der Waals surface area contributed by atoms with E-state index < -0.39 is 8.53 Å². The van der Waals surface area contributed by atoms with Crippen molar-refractivity contribution in [1.82, 2.24) is 4.67 Å². The summed E-state index contributed by atoms with van der Waals surface area (Å²) >= 11 is 0. The molecule has 5 unspecified atom stereocenters. The molecule has 0 bridgehead atoms. The Labute approximate surface area is 317 Å². The van der Waals surface area contributed by atoms with Gasteiger partial charge in [0.2, 0.25) is 0 Å². The molecule has 9 atom stereocenters. The summed E-state index contributed by atoms with van der Waals surface area (Å²) in [4.78, 5) is 32.9. The zero-order chi connectivity index (χ0) is 37.9. The zero-order valence-corrected chi connectivity index (χ0v) is 35.0. The van der Waals surface area contributed by atoms with E-state index >= 15 is 0 Å². The molecular weight excluding hydrogens is 677 g/mol. The molecule has 52 heavy (non-hydrogen) atoms. The van der Waals surface area contributed by atoms with E-state index in [9.17, 15) is 9.69 Å². The van der Waals surface area contributed by atoms with Gasteiger partial charge in [-0.2, -0.15) is 4.89 Å². The predicted molar refractivity (Wildman–Crippen MR) is 207 cm³/mol. The van der Waals surface area contributed by atoms with Gasteiger partial charge in [-0.15, -0.1) is 0 Å². The van der Waals surface area contributed by atoms with Crippen LogP contribution < -0.4 is 0 Å². The molecular formula is C42H74NO8P. The molecule has 3 fully saturated rings. The lowest BCUT2D eigenvalue weighted by Crippen LogP contribution is -2.51. The van der Waals surface area contributed by atoms with Crippen molar-refractivity contribution >= 4 is 14.5 Å². The van der Waals surface area contributed by atoms with Gasteiger partial charge in [0.05, 0.1) is 19.8 Å². The highest BCUT2D eigenvalue weighted by atomic mass is 31.2. The van der Waals surface area contributed by atoms with E-state index in [0.717, 1.165) is 54.8 Å². The van der Waals surface area contributed by atoms with Crippen molar-refractivity contribution in [2.75, 3.05) is 26.4 Å². The molecule has 0 radical (unpaired) electrons. The van der Waals surface area contributed by atoms with Gasteiger partial charge in [0, 0.05) is 24.9 Å². The molecule has 1 N–H and O–H groups in total. The van der Waals surface area contributed by atoms with E-state index in [2.05, 4.69) is 45.7 Å². The maximum absolute atomic E-state index is 12.7. The second kappa shape index (κ2) is 20.7. The third-order valence-corrected chi connectivity index (χ3v) is 15.0. The van der Waals surface area contributed by atoms with Crippen LogP contribution in [0.2, 0.25) is 0 Å². The van der Waals surface area contributed by atoms with Crippen LogP contribution in [0.15, 0.2) is 24.0 Å². The highest BCUT2D eigenvalue weighted by Crippen LogP contribution is 2.67. The van der Waals surface area contributed by atoms with Crippen LogP contribution in [0.4, 0.5) is 0 Å². The Kier molecular flexibility index (Phi) is 17.4. The standard InChI is InChI=1S/C42H74NO8P/c1-30(2)13-12-14-33(7)37-18-19-38-36-17-16-34-29-35(20-22-41(34,8)39(36)21-23-42(37,38)9)50-40(44)15-10-11-24-47-51-48-27-25-46-26-28-49-52(45)43(31(3)4)32(5)6/h11,16,24,30-33,35-39,45H,10,12-15,17-23,25-29H2,1-9H3/b24-11-/t33-,35-,36?,37?,38?,39?,41-,42+,52?/m0/s1. The second-order valence-corrected chi connectivity index (χ2v) is 19.0. The molecule has 4 aliphatic rings. The number of fused-ring (bicyclic) bond motifs is 5. The largest absolute Gasteiger partial charge is 0.462 e. The molecule has 4 aliphatic carbocycles. The quantitative estimate of drug-likeness (QED) is 0.0221. The number of ether oxygens (including phenoxy) is 2. The van der Waals surface area contributed by atoms with Gasteiger partial charge in [-0.25, -0.2) is 4.67 Å². The summed E-state index contributed by atoms with van der Waals surface area (Å²) in [5.74, 6) is 4.83. The van der Waals surface area contributed by atoms with Crippen LogP contribution in [0.5, 0.6) is 0 Å². The Morgan fingerprint density at radius 3 is 2.44 bits per heavy atom. The minimum Gasteiger partial charge on any atom is -0.462 e. The van der Waals surface area contributed by atoms with Crippen molar-refractivity contribution in [3.05, 3.63) is 24.0 Å². The summed E-state index contributed by atoms with van der Waals surface area (Å²) in [7, 11) is -1.65. The van der Waals surface area contributed by atoms with Crippen LogP contribution in [0, 0.1) is 46.3 Å². The van der Waals surface area contributed by atoms with Gasteiger partial charge in [0.15, 0.2) is 0 Å². The van der Waals surface area contributed by atoms with Gasteiger partial charge in [0.1, 0.15) is 19.0 Å². The van der Waals surface area contributed by atoms with Crippen molar-refractivity contribution in [3.8, 4) is 0 Å². The fraction of sp³-hybridized carbons (Fsp3) is 0.881. The Morgan fingerprint density at radius 2 is 1.71 bits per heavy atom. The lowest BCUT2D eigenvalue weighted by Gasteiger charge is -2.58. The monoisotopic (exact) mass is 752 g/mol. The van der Waals surface area contributed by atoms with Gasteiger partial charge in [0.25, 0.3) is 8.53 Å². The number of hydrogen-bond acceptors (Lipinski definition) is 9. The van der Waals surface area contributed by atoms with Crippen LogP contribution in [-0.2, 0) is 33.6 Å². The Balaban J connectivity index is 1.08. The van der Waals surface area contributed by atoms with Gasteiger partial charge < -0.3 is 23.8 Å². The van der Waals surface area contributed by atoms with Crippen LogP contribution in [0.25, 0.3) is 0 Å². The number of allylic oxidation sites excluding steroid dienone is 2. The minimum absolute atomic E-state index is 0.0219. The molecule has 3 saturated carbocycles. The van der Waals surface area contributed by atoms with Crippen LogP contribution in [-0.4, -0.2) is 60.1 Å². The summed E-state index contributed by atoms with van der Waals surface area (Å²) in [6, 6.07) is 0.387. The molecule has 0 aliphatic heterocycles. The number of rotatable bonds is 22. The summed E-state index contributed by atoms with van der Waals surface area (Å²) in [5.41, 5.74) is 2.32. The number of nitrogens with zero attached hydrogens (tertiary/aromatic N) is 1. The average molecular weight is 752 g/mol. The molecule has 300 valence electrons. The van der Waals surface area contributed by atoms with Crippen molar-refractivity contribution in [3.63, 3.8) is 0 Å². The lowest BCUT2D eigenvalue weighted by atomic mass is 9.47. The zero-order valence-electron chi connectivity index (χ0n) is 34.1. The molecule has 0 aromatic rings. The molecule has 10 heteroatoms. The number of carbonyl (C=O) groups excluding carboxylic acids is 1. The predicted octanol–water partition coefficient (Wildman–Crippen LogP) is 10.5. The summed E-state index contributed by atoms with van der Waals surface area (Å²) in [5, 5.41) is 4.69. The molecule has 4 rings (SSSR count). The van der Waals surface area contributed by atoms with E-state index in [1.807, 2.05) is 32.4 Å². The maximum Gasteiger partial charge on any atom is 0.306 e. The number of carbonyl (C=O) groups is 1. The topological polar surface area (TPSA) is 95.9 Å². The summed E-state index contributed by atoms with van der Waals surface area (Å²) in [6.45, 7) is 21.7. The molecule has 9 nitrogen and oxygen atoms in total. The van der Waals surface area contributed by atoms with Crippen LogP contribution in [0.1, 0.15) is 146 Å². The van der Waals surface area contributed by atoms with Gasteiger partial charge in [-0.3, -0.25) is 4.79 Å². The van der Waals surface area contributed by atoms with E-state index in [1.165, 1.54) is 57.6 Å². The van der Waals surface area contributed by atoms with E-state index in [4.69, 9.17) is 23.8 Å². The van der Waals surface area contributed by atoms with Crippen molar-refractivity contribution in [2.24, 2.45) is 46.3 Å². The summed E-state index contributed by atoms with van der Waals surface area (Å²) < 4.78 is 18.9. The smallest absolute Gasteiger partial charge is 0.306 e. The first kappa shape index (κ1) is 43.7. The van der Waals surface area contributed by atoms with E-state index in [1.54, 1.807) is 11.6 Å². The van der Waals surface area contributed by atoms with Gasteiger partial charge in [-0.05, 0) is 137 Å². The molecule has 0 aromatic heterocycles. The first-order valence-corrected chi connectivity index (χ1v) is 21.9. The first-order valence-electron chi connectivity index (χ1n) is 20.7. The second-order valence-electron chi connectivity index (χ2n) is 17.8. The molecule has 0 amide bonds. The SMILES string of the molecule is CC(C)CCC[C@H](C)C1CCC2C3CC=C4C[C@@H](OC(=O)CC/C=C\OOOCCOCCOP(O)N(C(C)C)C(C)C)CC[C@]4(C)C3CC[C@@]21C. The molecule has 0 heterocycles. The third-order valence-electron chi connectivity index (χ3n) is 13.3. The highest BCUT2D eigenvalue weighted by Gasteiger charge is 2.59. The fourth-order valence-corrected chi connectivity index (χ4v) is 12.0. The van der Waals surface area contributed by atoms with Crippen molar-refractivity contribution in [1.29, 1.82) is 0 Å². The van der Waals surface area contributed by atoms with Crippen molar-refractivity contribution in [2.45, 2.75) is 164 Å². The first-order chi connectivity index (χ1) is 24.8.